The molecule has 0 saturated carbocycles. The first-order valence-electron chi connectivity index (χ1n) is 8.06. The minimum Gasteiger partial charge on any atom is -0.454 e. The van der Waals surface area contributed by atoms with E-state index in [1.807, 2.05) is 85.6 Å². The fourth-order valence-corrected chi connectivity index (χ4v) is 2.66. The van der Waals surface area contributed by atoms with E-state index in [2.05, 4.69) is 5.10 Å². The number of hydrazone groups is 1. The first kappa shape index (κ1) is 15.2. The minimum absolute atomic E-state index is 0.732. The first-order valence-corrected chi connectivity index (χ1v) is 8.06. The number of nitrogens with zero attached hydrogens (tertiary/aromatic N) is 4. The van der Waals surface area contributed by atoms with Gasteiger partial charge in [-0.25, -0.2) is 4.68 Å². The molecular formula is C20H18N4O. The summed E-state index contributed by atoms with van der Waals surface area (Å²) >= 11 is 0. The maximum atomic E-state index is 6.00. The van der Waals surface area contributed by atoms with Crippen LogP contribution in [0.1, 0.15) is 5.56 Å². The van der Waals surface area contributed by atoms with Crippen LogP contribution in [0.2, 0.25) is 0 Å². The molecule has 4 aromatic rings. The van der Waals surface area contributed by atoms with Crippen LogP contribution >= 0.6 is 0 Å². The van der Waals surface area contributed by atoms with Gasteiger partial charge in [-0.3, -0.25) is 0 Å². The number of hydrogen-bond acceptors (Lipinski definition) is 4. The van der Waals surface area contributed by atoms with E-state index in [-0.39, 0.29) is 0 Å². The molecule has 0 N–H and O–H groups in total. The van der Waals surface area contributed by atoms with E-state index in [4.69, 9.17) is 9.52 Å². The van der Waals surface area contributed by atoms with Crippen molar-refractivity contribution in [3.05, 3.63) is 72.4 Å². The SMILES string of the molecule is CN(C)/N=C\c1cn(-c2ccccc2)nc1-c1cc2ccccc2o1. The van der Waals surface area contributed by atoms with Crippen molar-refractivity contribution >= 4 is 17.2 Å². The average molecular weight is 330 g/mol. The van der Waals surface area contributed by atoms with Gasteiger partial charge in [0, 0.05) is 31.2 Å². The average Bonchev–Trinajstić information content (AvgIpc) is 3.24. The third-order valence-corrected chi connectivity index (χ3v) is 3.85. The second-order valence-electron chi connectivity index (χ2n) is 5.95. The molecule has 0 aliphatic carbocycles. The Morgan fingerprint density at radius 2 is 1.80 bits per heavy atom. The zero-order valence-corrected chi connectivity index (χ0v) is 14.1. The molecule has 0 aliphatic rings. The van der Waals surface area contributed by atoms with Gasteiger partial charge in [0.25, 0.3) is 0 Å². The van der Waals surface area contributed by atoms with Crippen molar-refractivity contribution in [3.63, 3.8) is 0 Å². The highest BCUT2D eigenvalue weighted by Crippen LogP contribution is 2.29. The van der Waals surface area contributed by atoms with Gasteiger partial charge < -0.3 is 9.43 Å². The van der Waals surface area contributed by atoms with E-state index in [0.717, 1.165) is 33.7 Å². The number of para-hydroxylation sites is 2. The Kier molecular flexibility index (Phi) is 3.82. The normalized spacial score (nSPS) is 11.4. The van der Waals surface area contributed by atoms with Gasteiger partial charge in [0.15, 0.2) is 5.76 Å². The van der Waals surface area contributed by atoms with Crippen molar-refractivity contribution < 1.29 is 4.42 Å². The molecule has 0 fully saturated rings. The molecular weight excluding hydrogens is 312 g/mol. The molecule has 2 aromatic carbocycles. The van der Waals surface area contributed by atoms with Crippen molar-refractivity contribution in [2.75, 3.05) is 14.1 Å². The molecule has 0 aliphatic heterocycles. The predicted molar refractivity (Wildman–Crippen MR) is 100 cm³/mol. The van der Waals surface area contributed by atoms with Crippen LogP contribution in [0.15, 0.2) is 76.4 Å². The van der Waals surface area contributed by atoms with Crippen LogP contribution in [-0.4, -0.2) is 35.1 Å². The van der Waals surface area contributed by atoms with Crippen molar-refractivity contribution in [1.82, 2.24) is 14.8 Å². The summed E-state index contributed by atoms with van der Waals surface area (Å²) in [6.45, 7) is 0. The van der Waals surface area contributed by atoms with Gasteiger partial charge in [0.05, 0.1) is 11.9 Å². The van der Waals surface area contributed by atoms with Crippen LogP contribution in [0.4, 0.5) is 0 Å². The van der Waals surface area contributed by atoms with Crippen molar-refractivity contribution in [2.45, 2.75) is 0 Å². The second kappa shape index (κ2) is 6.28. The molecule has 0 bridgehead atoms. The van der Waals surface area contributed by atoms with Gasteiger partial charge in [-0.2, -0.15) is 10.2 Å². The van der Waals surface area contributed by atoms with Crippen molar-refractivity contribution in [3.8, 4) is 17.1 Å². The second-order valence-corrected chi connectivity index (χ2v) is 5.95. The highest BCUT2D eigenvalue weighted by molar-refractivity contribution is 5.90. The Hall–Kier alpha value is -3.34. The maximum Gasteiger partial charge on any atom is 0.156 e. The molecule has 2 heterocycles. The number of aromatic nitrogens is 2. The fourth-order valence-electron chi connectivity index (χ4n) is 2.66. The Balaban J connectivity index is 1.85. The van der Waals surface area contributed by atoms with Crippen LogP contribution in [0, 0.1) is 0 Å². The zero-order chi connectivity index (χ0) is 17.2. The zero-order valence-electron chi connectivity index (χ0n) is 14.1. The topological polar surface area (TPSA) is 46.6 Å². The van der Waals surface area contributed by atoms with E-state index in [1.54, 1.807) is 11.2 Å². The molecule has 4 rings (SSSR count). The molecule has 5 heteroatoms. The maximum absolute atomic E-state index is 6.00. The predicted octanol–water partition coefficient (Wildman–Crippen LogP) is 4.18. The lowest BCUT2D eigenvalue weighted by Crippen LogP contribution is -2.01. The van der Waals surface area contributed by atoms with Gasteiger partial charge in [-0.05, 0) is 24.3 Å². The van der Waals surface area contributed by atoms with Gasteiger partial charge in [-0.15, -0.1) is 0 Å². The van der Waals surface area contributed by atoms with E-state index in [1.165, 1.54) is 0 Å². The van der Waals surface area contributed by atoms with Crippen molar-refractivity contribution in [1.29, 1.82) is 0 Å². The van der Waals surface area contributed by atoms with E-state index in [9.17, 15) is 0 Å². The lowest BCUT2D eigenvalue weighted by Gasteiger charge is -2.01. The number of fused-ring (bicyclic) bond motifs is 1. The smallest absolute Gasteiger partial charge is 0.156 e. The third kappa shape index (κ3) is 3.04. The van der Waals surface area contributed by atoms with E-state index >= 15 is 0 Å². The summed E-state index contributed by atoms with van der Waals surface area (Å²) < 4.78 is 7.85. The lowest BCUT2D eigenvalue weighted by atomic mass is 10.2. The fraction of sp³-hybridized carbons (Fsp3) is 0.100. The summed E-state index contributed by atoms with van der Waals surface area (Å²) in [6, 6.07) is 20.0. The summed E-state index contributed by atoms with van der Waals surface area (Å²) in [5.41, 5.74) is 3.51. The van der Waals surface area contributed by atoms with Crippen LogP contribution < -0.4 is 0 Å². The monoisotopic (exact) mass is 330 g/mol. The minimum atomic E-state index is 0.732. The molecule has 0 saturated heterocycles. The Labute approximate surface area is 145 Å². The number of rotatable bonds is 4. The molecule has 124 valence electrons. The van der Waals surface area contributed by atoms with Crippen LogP contribution in [0.3, 0.4) is 0 Å². The lowest BCUT2D eigenvalue weighted by molar-refractivity contribution is 0.440. The highest BCUT2D eigenvalue weighted by atomic mass is 16.3. The molecule has 0 spiro atoms. The molecule has 2 aromatic heterocycles. The quantitative estimate of drug-likeness (QED) is 0.416. The summed E-state index contributed by atoms with van der Waals surface area (Å²) in [4.78, 5) is 0. The number of hydrogen-bond donors (Lipinski definition) is 0. The van der Waals surface area contributed by atoms with E-state index < -0.39 is 0 Å². The molecule has 0 unspecified atom stereocenters. The van der Waals surface area contributed by atoms with Gasteiger partial charge in [0.2, 0.25) is 0 Å². The van der Waals surface area contributed by atoms with Crippen LogP contribution in [0.25, 0.3) is 28.1 Å². The largest absolute Gasteiger partial charge is 0.454 e. The first-order chi connectivity index (χ1) is 12.2. The number of furan rings is 1. The summed E-state index contributed by atoms with van der Waals surface area (Å²) in [6.07, 6.45) is 3.76. The Morgan fingerprint density at radius 3 is 2.56 bits per heavy atom. The number of benzene rings is 2. The van der Waals surface area contributed by atoms with Crippen LogP contribution in [0.5, 0.6) is 0 Å². The summed E-state index contributed by atoms with van der Waals surface area (Å²) in [5, 5.41) is 11.9. The standard InChI is InChI=1S/C20H18N4O/c1-23(2)21-13-16-14-24(17-9-4-3-5-10-17)22-20(16)19-12-15-8-6-7-11-18(15)25-19/h3-14H,1-2H3/b21-13-. The highest BCUT2D eigenvalue weighted by Gasteiger charge is 2.15. The molecule has 5 nitrogen and oxygen atoms in total. The summed E-state index contributed by atoms with van der Waals surface area (Å²) in [5.74, 6) is 0.732. The van der Waals surface area contributed by atoms with Gasteiger partial charge in [0.1, 0.15) is 11.3 Å². The molecule has 0 radical (unpaired) electrons. The van der Waals surface area contributed by atoms with E-state index in [0.29, 0.717) is 0 Å². The summed E-state index contributed by atoms with van der Waals surface area (Å²) in [7, 11) is 3.78. The Morgan fingerprint density at radius 1 is 1.04 bits per heavy atom. The van der Waals surface area contributed by atoms with Crippen molar-refractivity contribution in [2.24, 2.45) is 5.10 Å². The van der Waals surface area contributed by atoms with Crippen LogP contribution in [-0.2, 0) is 0 Å². The molecule has 25 heavy (non-hydrogen) atoms. The molecule has 0 atom stereocenters. The van der Waals surface area contributed by atoms with Gasteiger partial charge >= 0.3 is 0 Å². The third-order valence-electron chi connectivity index (χ3n) is 3.85. The molecule has 0 amide bonds. The Bertz CT molecular complexity index is 995. The van der Waals surface area contributed by atoms with Gasteiger partial charge in [-0.1, -0.05) is 36.4 Å².